The van der Waals surface area contributed by atoms with Gasteiger partial charge in [-0.1, -0.05) is 6.32 Å². The molecular formula is C6H13BNO2. The van der Waals surface area contributed by atoms with Gasteiger partial charge in [0.05, 0.1) is 12.8 Å². The maximum Gasteiger partial charge on any atom is 0.197 e. The van der Waals surface area contributed by atoms with Crippen molar-refractivity contribution in [2.24, 2.45) is 0 Å². The number of rotatable bonds is 6. The second-order valence-corrected chi connectivity index (χ2v) is 2.12. The number of hydrogen-bond acceptors (Lipinski definition) is 3. The lowest BCUT2D eigenvalue weighted by atomic mass is 9.75. The molecule has 57 valence electrons. The molecule has 0 rings (SSSR count). The SMILES string of the molecule is CN[C@H](CO)CC[B]C=O. The first-order valence-electron chi connectivity index (χ1n) is 3.40. The highest BCUT2D eigenvalue weighted by atomic mass is 16.3. The van der Waals surface area contributed by atoms with Crippen LogP contribution in [0.3, 0.4) is 0 Å². The van der Waals surface area contributed by atoms with Crippen molar-refractivity contribution in [2.75, 3.05) is 13.7 Å². The molecule has 0 bridgehead atoms. The first-order chi connectivity index (χ1) is 4.85. The molecule has 3 nitrogen and oxygen atoms in total. The molecule has 10 heavy (non-hydrogen) atoms. The third-order valence-electron chi connectivity index (χ3n) is 1.41. The highest BCUT2D eigenvalue weighted by molar-refractivity contribution is 6.66. The second kappa shape index (κ2) is 6.77. The number of nitrogens with one attached hydrogen (secondary N) is 1. The Morgan fingerprint density at radius 2 is 2.50 bits per heavy atom. The molecule has 4 heteroatoms. The average Bonchev–Trinajstić information content (AvgIpc) is 1.99. The highest BCUT2D eigenvalue weighted by Crippen LogP contribution is 1.93. The van der Waals surface area contributed by atoms with Gasteiger partial charge < -0.3 is 15.2 Å². The molecule has 0 heterocycles. The minimum atomic E-state index is 0.121. The quantitative estimate of drug-likeness (QED) is 0.292. The van der Waals surface area contributed by atoms with E-state index in [1.54, 1.807) is 14.3 Å². The van der Waals surface area contributed by atoms with Gasteiger partial charge in [-0.3, -0.25) is 0 Å². The third-order valence-corrected chi connectivity index (χ3v) is 1.41. The summed E-state index contributed by atoms with van der Waals surface area (Å²) < 4.78 is 0. The number of carbonyl (C=O) groups is 1. The lowest BCUT2D eigenvalue weighted by molar-refractivity contribution is 0.245. The van der Waals surface area contributed by atoms with E-state index in [4.69, 9.17) is 5.11 Å². The molecule has 1 atom stereocenters. The molecule has 0 aromatic carbocycles. The largest absolute Gasteiger partial charge is 0.395 e. The molecule has 2 N–H and O–H groups in total. The van der Waals surface area contributed by atoms with Crippen LogP contribution in [0.15, 0.2) is 0 Å². The van der Waals surface area contributed by atoms with Crippen LogP contribution in [0, 0.1) is 0 Å². The number of likely N-dealkylation sites (N-methyl/N-ethyl adjacent to an activating group) is 1. The molecule has 0 amide bonds. The van der Waals surface area contributed by atoms with Crippen molar-refractivity contribution in [1.29, 1.82) is 0 Å². The number of carbonyl (C=O) groups excluding carboxylic acids is 1. The Morgan fingerprint density at radius 1 is 1.80 bits per heavy atom. The van der Waals surface area contributed by atoms with Crippen molar-refractivity contribution < 1.29 is 9.90 Å². The number of aliphatic hydroxyl groups excluding tert-OH is 1. The summed E-state index contributed by atoms with van der Waals surface area (Å²) in [6, 6.07) is 0.121. The van der Waals surface area contributed by atoms with E-state index in [1.165, 1.54) is 0 Å². The summed E-state index contributed by atoms with van der Waals surface area (Å²) in [6.07, 6.45) is 2.32. The topological polar surface area (TPSA) is 49.3 Å². The summed E-state index contributed by atoms with van der Waals surface area (Å²) in [5.74, 6) is 0. The van der Waals surface area contributed by atoms with Crippen LogP contribution in [-0.4, -0.2) is 38.3 Å². The lowest BCUT2D eigenvalue weighted by Crippen LogP contribution is -2.29. The lowest BCUT2D eigenvalue weighted by Gasteiger charge is -2.10. The van der Waals surface area contributed by atoms with Gasteiger partial charge in [0.15, 0.2) is 7.28 Å². The normalized spacial score (nSPS) is 12.6. The Morgan fingerprint density at radius 3 is 2.90 bits per heavy atom. The summed E-state index contributed by atoms with van der Waals surface area (Å²) >= 11 is 0. The molecule has 1 radical (unpaired) electrons. The van der Waals surface area contributed by atoms with Crippen LogP contribution in [0.2, 0.25) is 6.32 Å². The van der Waals surface area contributed by atoms with Crippen molar-refractivity contribution in [3.8, 4) is 0 Å². The van der Waals surface area contributed by atoms with Crippen molar-refractivity contribution in [2.45, 2.75) is 18.8 Å². The molecule has 0 spiro atoms. The van der Waals surface area contributed by atoms with Crippen LogP contribution in [0.5, 0.6) is 0 Å². The monoisotopic (exact) mass is 142 g/mol. The molecule has 0 fully saturated rings. The van der Waals surface area contributed by atoms with E-state index >= 15 is 0 Å². The Kier molecular flexibility index (Phi) is 6.54. The van der Waals surface area contributed by atoms with Crippen molar-refractivity contribution in [1.82, 2.24) is 5.32 Å². The van der Waals surface area contributed by atoms with Crippen LogP contribution in [0.1, 0.15) is 6.42 Å². The van der Waals surface area contributed by atoms with Crippen LogP contribution < -0.4 is 5.32 Å². The molecular weight excluding hydrogens is 129 g/mol. The van der Waals surface area contributed by atoms with Crippen LogP contribution in [0.4, 0.5) is 0 Å². The van der Waals surface area contributed by atoms with Crippen LogP contribution in [0.25, 0.3) is 0 Å². The third kappa shape index (κ3) is 4.53. The zero-order valence-corrected chi connectivity index (χ0v) is 6.21. The predicted molar refractivity (Wildman–Crippen MR) is 41.9 cm³/mol. The number of hydrogen-bond donors (Lipinski definition) is 2. The predicted octanol–water partition coefficient (Wildman–Crippen LogP) is -0.731. The second-order valence-electron chi connectivity index (χ2n) is 2.12. The summed E-state index contributed by atoms with van der Waals surface area (Å²) in [5.41, 5.74) is 0. The molecule has 0 aliphatic heterocycles. The first kappa shape index (κ1) is 9.65. The molecule has 0 aromatic rings. The van der Waals surface area contributed by atoms with Gasteiger partial charge in [0.1, 0.15) is 0 Å². The van der Waals surface area contributed by atoms with E-state index in [-0.39, 0.29) is 12.6 Å². The van der Waals surface area contributed by atoms with E-state index in [0.29, 0.717) is 0 Å². The minimum Gasteiger partial charge on any atom is -0.395 e. The van der Waals surface area contributed by atoms with E-state index in [0.717, 1.165) is 18.9 Å². The smallest absolute Gasteiger partial charge is 0.197 e. The van der Waals surface area contributed by atoms with Gasteiger partial charge in [0.25, 0.3) is 0 Å². The fourth-order valence-corrected chi connectivity index (χ4v) is 0.692. The molecule has 0 aliphatic carbocycles. The molecule has 0 unspecified atom stereocenters. The van der Waals surface area contributed by atoms with Crippen LogP contribution >= 0.6 is 0 Å². The van der Waals surface area contributed by atoms with Gasteiger partial charge >= 0.3 is 0 Å². The first-order valence-corrected chi connectivity index (χ1v) is 3.40. The summed E-state index contributed by atoms with van der Waals surface area (Å²) in [5, 5.41) is 11.6. The van der Waals surface area contributed by atoms with Gasteiger partial charge in [-0.2, -0.15) is 0 Å². The maximum atomic E-state index is 9.82. The van der Waals surface area contributed by atoms with Crippen molar-refractivity contribution >= 4 is 13.5 Å². The van der Waals surface area contributed by atoms with Crippen molar-refractivity contribution in [3.05, 3.63) is 0 Å². The Labute approximate surface area is 62.1 Å². The van der Waals surface area contributed by atoms with Gasteiger partial charge in [-0.05, 0) is 13.5 Å². The standard InChI is InChI=1S/C6H13BNO2/c1-8-6(4-9)2-3-7-5-10/h5-6,8-9H,2-4H2,1H3/t6-/m0/s1. The Bertz CT molecular complexity index is 85.8. The summed E-state index contributed by atoms with van der Waals surface area (Å²) in [4.78, 5) is 9.82. The van der Waals surface area contributed by atoms with Gasteiger partial charge in [-0.25, -0.2) is 0 Å². The van der Waals surface area contributed by atoms with Crippen LogP contribution in [-0.2, 0) is 4.79 Å². The zero-order chi connectivity index (χ0) is 7.82. The van der Waals surface area contributed by atoms with Gasteiger partial charge in [-0.15, -0.1) is 0 Å². The maximum absolute atomic E-state index is 9.82. The summed E-state index contributed by atoms with van der Waals surface area (Å²) in [7, 11) is 3.35. The molecule has 0 aliphatic rings. The molecule has 0 saturated carbocycles. The fraction of sp³-hybridized carbons (Fsp3) is 0.833. The van der Waals surface area contributed by atoms with E-state index in [2.05, 4.69) is 5.32 Å². The van der Waals surface area contributed by atoms with Crippen molar-refractivity contribution in [3.63, 3.8) is 0 Å². The number of aliphatic hydroxyl groups is 1. The minimum absolute atomic E-state index is 0.121. The highest BCUT2D eigenvalue weighted by Gasteiger charge is 2.02. The Balaban J connectivity index is 3.16. The van der Waals surface area contributed by atoms with E-state index < -0.39 is 0 Å². The average molecular weight is 142 g/mol. The summed E-state index contributed by atoms with van der Waals surface area (Å²) in [6.45, 7) is 0.128. The fourth-order valence-electron chi connectivity index (χ4n) is 0.692. The zero-order valence-electron chi connectivity index (χ0n) is 6.21. The molecule has 0 aromatic heterocycles. The van der Waals surface area contributed by atoms with Gasteiger partial charge in [0.2, 0.25) is 0 Å². The Hall–Kier alpha value is -0.345. The molecule has 0 saturated heterocycles. The van der Waals surface area contributed by atoms with E-state index in [1.807, 2.05) is 0 Å². The van der Waals surface area contributed by atoms with Gasteiger partial charge in [0, 0.05) is 6.04 Å². The van der Waals surface area contributed by atoms with E-state index in [9.17, 15) is 4.79 Å².